The van der Waals surface area contributed by atoms with Crippen LogP contribution < -0.4 is 15.2 Å². The van der Waals surface area contributed by atoms with Crippen LogP contribution in [-0.2, 0) is 6.42 Å². The maximum Gasteiger partial charge on any atom is 0.231 e. The zero-order valence-corrected chi connectivity index (χ0v) is 15.3. The van der Waals surface area contributed by atoms with Gasteiger partial charge in [-0.2, -0.15) is 4.98 Å². The van der Waals surface area contributed by atoms with Gasteiger partial charge in [-0.1, -0.05) is 23.4 Å². The van der Waals surface area contributed by atoms with Crippen LogP contribution in [0.15, 0.2) is 40.9 Å². The number of benzene rings is 2. The van der Waals surface area contributed by atoms with Gasteiger partial charge >= 0.3 is 0 Å². The Bertz CT molecular complexity index is 890. The maximum absolute atomic E-state index is 5.96. The number of aromatic nitrogens is 2. The fourth-order valence-electron chi connectivity index (χ4n) is 2.71. The molecule has 2 aromatic carbocycles. The van der Waals surface area contributed by atoms with Crippen molar-refractivity contribution in [3.8, 4) is 22.9 Å². The van der Waals surface area contributed by atoms with E-state index in [9.17, 15) is 0 Å². The van der Waals surface area contributed by atoms with E-state index in [0.717, 1.165) is 28.2 Å². The van der Waals surface area contributed by atoms with Crippen molar-refractivity contribution in [2.45, 2.75) is 27.2 Å². The van der Waals surface area contributed by atoms with E-state index in [4.69, 9.17) is 19.7 Å². The van der Waals surface area contributed by atoms with Crippen molar-refractivity contribution in [2.24, 2.45) is 0 Å². The largest absolute Gasteiger partial charge is 0.490 e. The van der Waals surface area contributed by atoms with Crippen molar-refractivity contribution >= 4 is 5.69 Å². The van der Waals surface area contributed by atoms with Crippen molar-refractivity contribution in [3.05, 3.63) is 53.4 Å². The molecule has 0 spiro atoms. The Morgan fingerprint density at radius 3 is 2.58 bits per heavy atom. The number of ether oxygens (including phenoxy) is 2. The zero-order valence-electron chi connectivity index (χ0n) is 15.3. The van der Waals surface area contributed by atoms with Gasteiger partial charge in [0.15, 0.2) is 11.5 Å². The first-order valence-electron chi connectivity index (χ1n) is 8.69. The van der Waals surface area contributed by atoms with Gasteiger partial charge in [-0.15, -0.1) is 0 Å². The molecule has 0 saturated carbocycles. The van der Waals surface area contributed by atoms with E-state index in [1.165, 1.54) is 0 Å². The molecule has 0 unspecified atom stereocenters. The van der Waals surface area contributed by atoms with Crippen molar-refractivity contribution in [2.75, 3.05) is 18.9 Å². The number of rotatable bonds is 7. The smallest absolute Gasteiger partial charge is 0.231 e. The molecule has 136 valence electrons. The van der Waals surface area contributed by atoms with Gasteiger partial charge in [0.1, 0.15) is 0 Å². The molecule has 0 bridgehead atoms. The standard InChI is InChI=1S/C20H23N3O3/c1-4-24-17-10-9-14(11-18(17)25-5-2)12-19-22-20(23-26-19)15-7-6-8-16(21)13(15)3/h6-11H,4-5,12,21H2,1-3H3. The van der Waals surface area contributed by atoms with Crippen LogP contribution in [0.25, 0.3) is 11.4 Å². The van der Waals surface area contributed by atoms with Gasteiger partial charge in [-0.05, 0) is 50.1 Å². The second kappa shape index (κ2) is 7.91. The van der Waals surface area contributed by atoms with Gasteiger partial charge in [-0.3, -0.25) is 0 Å². The Labute approximate surface area is 152 Å². The minimum absolute atomic E-state index is 0.515. The monoisotopic (exact) mass is 353 g/mol. The Kier molecular flexibility index (Phi) is 5.41. The van der Waals surface area contributed by atoms with Crippen LogP contribution in [0.2, 0.25) is 0 Å². The topological polar surface area (TPSA) is 83.4 Å². The Morgan fingerprint density at radius 2 is 1.81 bits per heavy atom. The lowest BCUT2D eigenvalue weighted by Gasteiger charge is -2.11. The third-order valence-corrected chi connectivity index (χ3v) is 4.05. The summed E-state index contributed by atoms with van der Waals surface area (Å²) in [6.07, 6.45) is 0.515. The second-order valence-electron chi connectivity index (χ2n) is 5.86. The minimum Gasteiger partial charge on any atom is -0.490 e. The molecule has 0 fully saturated rings. The van der Waals surface area contributed by atoms with Gasteiger partial charge in [0.2, 0.25) is 11.7 Å². The highest BCUT2D eigenvalue weighted by atomic mass is 16.5. The molecule has 3 rings (SSSR count). The van der Waals surface area contributed by atoms with Crippen LogP contribution in [0.4, 0.5) is 5.69 Å². The normalized spacial score (nSPS) is 10.7. The van der Waals surface area contributed by atoms with Crippen LogP contribution in [0, 0.1) is 6.92 Å². The van der Waals surface area contributed by atoms with Crippen LogP contribution in [0.3, 0.4) is 0 Å². The zero-order chi connectivity index (χ0) is 18.5. The van der Waals surface area contributed by atoms with Crippen molar-refractivity contribution < 1.29 is 14.0 Å². The average Bonchev–Trinajstić information content (AvgIpc) is 3.08. The Morgan fingerprint density at radius 1 is 1.04 bits per heavy atom. The number of hydrogen-bond acceptors (Lipinski definition) is 6. The molecule has 6 heteroatoms. The number of hydrogen-bond donors (Lipinski definition) is 1. The fourth-order valence-corrected chi connectivity index (χ4v) is 2.71. The van der Waals surface area contributed by atoms with E-state index in [1.807, 2.05) is 57.2 Å². The first-order chi connectivity index (χ1) is 12.6. The van der Waals surface area contributed by atoms with Crippen molar-refractivity contribution in [1.29, 1.82) is 0 Å². The quantitative estimate of drug-likeness (QED) is 0.646. The van der Waals surface area contributed by atoms with Crippen molar-refractivity contribution in [3.63, 3.8) is 0 Å². The molecule has 0 radical (unpaired) electrons. The molecule has 6 nitrogen and oxygen atoms in total. The summed E-state index contributed by atoms with van der Waals surface area (Å²) in [6.45, 7) is 7.00. The van der Waals surface area contributed by atoms with E-state index in [2.05, 4.69) is 10.1 Å². The minimum atomic E-state index is 0.515. The van der Waals surface area contributed by atoms with E-state index in [1.54, 1.807) is 0 Å². The Balaban J connectivity index is 1.83. The molecule has 1 heterocycles. The molecule has 0 aliphatic heterocycles. The van der Waals surface area contributed by atoms with Crippen molar-refractivity contribution in [1.82, 2.24) is 10.1 Å². The van der Waals surface area contributed by atoms with E-state index < -0.39 is 0 Å². The number of nitrogen functional groups attached to an aromatic ring is 1. The summed E-state index contributed by atoms with van der Waals surface area (Å²) >= 11 is 0. The molecule has 26 heavy (non-hydrogen) atoms. The molecule has 0 amide bonds. The molecule has 0 aliphatic rings. The summed E-state index contributed by atoms with van der Waals surface area (Å²) in [4.78, 5) is 4.51. The van der Waals surface area contributed by atoms with E-state index >= 15 is 0 Å². The number of anilines is 1. The lowest BCUT2D eigenvalue weighted by Crippen LogP contribution is -1.99. The molecule has 0 saturated heterocycles. The average molecular weight is 353 g/mol. The van der Waals surface area contributed by atoms with Crippen LogP contribution >= 0.6 is 0 Å². The first-order valence-corrected chi connectivity index (χ1v) is 8.69. The van der Waals surface area contributed by atoms with E-state index in [-0.39, 0.29) is 0 Å². The summed E-state index contributed by atoms with van der Waals surface area (Å²) in [6, 6.07) is 11.5. The summed E-state index contributed by atoms with van der Waals surface area (Å²) in [5.74, 6) is 2.53. The highest BCUT2D eigenvalue weighted by Gasteiger charge is 2.14. The van der Waals surface area contributed by atoms with Gasteiger partial charge in [0.25, 0.3) is 0 Å². The molecular weight excluding hydrogens is 330 g/mol. The van der Waals surface area contributed by atoms with Gasteiger partial charge in [0, 0.05) is 11.3 Å². The SMILES string of the molecule is CCOc1ccc(Cc2nc(-c3cccc(N)c3C)no2)cc1OCC. The van der Waals surface area contributed by atoms with E-state index in [0.29, 0.717) is 37.0 Å². The summed E-state index contributed by atoms with van der Waals surface area (Å²) in [5.41, 5.74) is 9.50. The lowest BCUT2D eigenvalue weighted by molar-refractivity contribution is 0.287. The maximum atomic E-state index is 5.96. The third kappa shape index (κ3) is 3.79. The molecule has 3 aromatic rings. The van der Waals surface area contributed by atoms with Gasteiger partial charge in [0.05, 0.1) is 19.6 Å². The molecular formula is C20H23N3O3. The highest BCUT2D eigenvalue weighted by molar-refractivity contribution is 5.67. The van der Waals surface area contributed by atoms with Crippen LogP contribution in [-0.4, -0.2) is 23.4 Å². The second-order valence-corrected chi connectivity index (χ2v) is 5.86. The fraction of sp³-hybridized carbons (Fsp3) is 0.300. The lowest BCUT2D eigenvalue weighted by atomic mass is 10.1. The number of nitrogens with two attached hydrogens (primary N) is 1. The molecule has 0 aliphatic carbocycles. The predicted octanol–water partition coefficient (Wildman–Crippen LogP) is 4.02. The van der Waals surface area contributed by atoms with Crippen LogP contribution in [0.5, 0.6) is 11.5 Å². The molecule has 1 aromatic heterocycles. The third-order valence-electron chi connectivity index (χ3n) is 4.05. The van der Waals surface area contributed by atoms with Gasteiger partial charge < -0.3 is 19.7 Å². The number of nitrogens with zero attached hydrogens (tertiary/aromatic N) is 2. The molecule has 0 atom stereocenters. The summed E-state index contributed by atoms with van der Waals surface area (Å²) in [5, 5.41) is 4.09. The Hall–Kier alpha value is -3.02. The summed E-state index contributed by atoms with van der Waals surface area (Å²) < 4.78 is 16.7. The first kappa shape index (κ1) is 17.8. The predicted molar refractivity (Wildman–Crippen MR) is 100 cm³/mol. The summed E-state index contributed by atoms with van der Waals surface area (Å²) in [7, 11) is 0. The van der Waals surface area contributed by atoms with Gasteiger partial charge in [-0.25, -0.2) is 0 Å². The van der Waals surface area contributed by atoms with Crippen LogP contribution in [0.1, 0.15) is 30.9 Å². The molecule has 2 N–H and O–H groups in total. The highest BCUT2D eigenvalue weighted by Crippen LogP contribution is 2.30.